The van der Waals surface area contributed by atoms with Crippen LogP contribution in [0.3, 0.4) is 0 Å². The lowest BCUT2D eigenvalue weighted by atomic mass is 9.56. The van der Waals surface area contributed by atoms with Gasteiger partial charge in [-0.15, -0.1) is 0 Å². The number of aryl methyl sites for hydroxylation is 1. The van der Waals surface area contributed by atoms with Crippen LogP contribution in [-0.2, 0) is 15.0 Å². The topological polar surface area (TPSA) is 69.6 Å². The van der Waals surface area contributed by atoms with E-state index in [1.165, 1.54) is 5.01 Å². The minimum atomic E-state index is -1.27. The van der Waals surface area contributed by atoms with E-state index in [4.69, 9.17) is 0 Å². The summed E-state index contributed by atoms with van der Waals surface area (Å²) in [5.74, 6) is -1.79. The fourth-order valence-electron chi connectivity index (χ4n) is 6.23. The fourth-order valence-corrected chi connectivity index (χ4v) is 6.23. The predicted molar refractivity (Wildman–Crippen MR) is 150 cm³/mol. The third-order valence-corrected chi connectivity index (χ3v) is 8.03. The van der Waals surface area contributed by atoms with Gasteiger partial charge in [-0.05, 0) is 42.0 Å². The summed E-state index contributed by atoms with van der Waals surface area (Å²) in [4.78, 5) is 28.7. The van der Waals surface area contributed by atoms with E-state index in [0.29, 0.717) is 23.1 Å². The number of hydrogen-bond donors (Lipinski definition) is 2. The Bertz CT molecular complexity index is 1610. The first-order valence-electron chi connectivity index (χ1n) is 12.8. The number of hydrazine groups is 1. The summed E-state index contributed by atoms with van der Waals surface area (Å²) in [6.45, 7) is 6.04. The molecule has 188 valence electrons. The van der Waals surface area contributed by atoms with Gasteiger partial charge in [0.05, 0.1) is 17.0 Å². The zero-order valence-corrected chi connectivity index (χ0v) is 21.1. The number of phenolic OH excluding ortho intramolecular Hbond substituents is 1. The van der Waals surface area contributed by atoms with Gasteiger partial charge < -0.3 is 5.11 Å². The molecule has 1 fully saturated rings. The van der Waals surface area contributed by atoms with Crippen molar-refractivity contribution in [2.24, 2.45) is 5.92 Å². The van der Waals surface area contributed by atoms with E-state index in [0.717, 1.165) is 22.1 Å². The van der Waals surface area contributed by atoms with Crippen molar-refractivity contribution in [3.8, 4) is 5.75 Å². The summed E-state index contributed by atoms with van der Waals surface area (Å²) in [5, 5.41) is 14.4. The van der Waals surface area contributed by atoms with Crippen molar-refractivity contribution in [2.75, 3.05) is 5.43 Å². The number of carbonyl (C=O) groups is 2. The molecule has 2 aliphatic rings. The summed E-state index contributed by atoms with van der Waals surface area (Å²) in [7, 11) is 0. The van der Waals surface area contributed by atoms with Gasteiger partial charge in [-0.3, -0.25) is 15.0 Å². The van der Waals surface area contributed by atoms with E-state index in [1.54, 1.807) is 6.08 Å². The first kappa shape index (κ1) is 23.7. The van der Waals surface area contributed by atoms with Crippen LogP contribution in [0, 0.1) is 12.8 Å². The molecule has 4 aromatic rings. The summed E-state index contributed by atoms with van der Waals surface area (Å²) in [6.07, 6.45) is 4.12. The number of nitrogens with one attached hydrogen (secondary N) is 1. The van der Waals surface area contributed by atoms with E-state index >= 15 is 0 Å². The van der Waals surface area contributed by atoms with E-state index in [1.807, 2.05) is 104 Å². The van der Waals surface area contributed by atoms with Crippen LogP contribution in [0.1, 0.15) is 29.0 Å². The average molecular weight is 501 g/mol. The van der Waals surface area contributed by atoms with Crippen LogP contribution in [0.25, 0.3) is 10.8 Å². The maximum absolute atomic E-state index is 14.7. The van der Waals surface area contributed by atoms with Gasteiger partial charge in [0, 0.05) is 16.9 Å². The predicted octanol–water partition coefficient (Wildman–Crippen LogP) is 6.40. The number of phenols is 1. The van der Waals surface area contributed by atoms with E-state index in [2.05, 4.69) is 12.0 Å². The van der Waals surface area contributed by atoms with Crippen LogP contribution in [0.5, 0.6) is 5.75 Å². The van der Waals surface area contributed by atoms with Gasteiger partial charge in [0.2, 0.25) is 0 Å². The third-order valence-electron chi connectivity index (χ3n) is 8.03. The van der Waals surface area contributed by atoms with Crippen molar-refractivity contribution in [2.45, 2.75) is 24.7 Å². The second-order valence-electron chi connectivity index (χ2n) is 10.0. The molecule has 2 amide bonds. The lowest BCUT2D eigenvalue weighted by Gasteiger charge is -2.43. The smallest absolute Gasteiger partial charge is 0.260 e. The summed E-state index contributed by atoms with van der Waals surface area (Å²) >= 11 is 0. The van der Waals surface area contributed by atoms with E-state index in [9.17, 15) is 14.7 Å². The maximum atomic E-state index is 14.7. The van der Waals surface area contributed by atoms with Gasteiger partial charge in [0.1, 0.15) is 5.75 Å². The number of nitrogens with zero attached hydrogens (tertiary/aromatic N) is 1. The van der Waals surface area contributed by atoms with Crippen molar-refractivity contribution in [3.05, 3.63) is 132 Å². The number of amides is 2. The molecular formula is C33H28N2O3. The van der Waals surface area contributed by atoms with Gasteiger partial charge in [-0.25, -0.2) is 0 Å². The van der Waals surface area contributed by atoms with Crippen LogP contribution in [0.15, 0.2) is 115 Å². The van der Waals surface area contributed by atoms with Gasteiger partial charge in [-0.1, -0.05) is 103 Å². The molecule has 0 aromatic heterocycles. The highest BCUT2D eigenvalue weighted by Gasteiger charge is 2.66. The molecule has 38 heavy (non-hydrogen) atoms. The molecule has 0 bridgehead atoms. The Morgan fingerprint density at radius 3 is 2.39 bits per heavy atom. The normalized spacial score (nSPS) is 22.8. The third kappa shape index (κ3) is 3.39. The second kappa shape index (κ2) is 9.03. The monoisotopic (exact) mass is 500 g/mol. The molecule has 0 unspecified atom stereocenters. The van der Waals surface area contributed by atoms with Crippen LogP contribution in [0.2, 0.25) is 0 Å². The highest BCUT2D eigenvalue weighted by Crippen LogP contribution is 2.59. The zero-order valence-electron chi connectivity index (χ0n) is 21.1. The number of rotatable bonds is 5. The Kier molecular flexibility index (Phi) is 5.64. The van der Waals surface area contributed by atoms with Gasteiger partial charge in [-0.2, -0.15) is 5.01 Å². The molecule has 5 heteroatoms. The Morgan fingerprint density at radius 2 is 1.66 bits per heavy atom. The standard InChI is InChI=1S/C33H28N2O3/c1-3-22-16-20-28-31(37)35(34-25-17-13-21(2)14-18-25)32(38)33(28,24-10-5-4-6-11-24)29(22)27-19-15-23-9-7-8-12-26(23)30(27)36/h3-19,28-29,34,36H,1,20H2,2H3/t28-,29+,33+/m0/s1. The molecule has 2 N–H and O–H groups in total. The number of fused-ring (bicyclic) bond motifs is 2. The van der Waals surface area contributed by atoms with Crippen LogP contribution in [-0.4, -0.2) is 21.9 Å². The summed E-state index contributed by atoms with van der Waals surface area (Å²) in [5.41, 5.74) is 5.70. The Hall–Kier alpha value is -4.64. The van der Waals surface area contributed by atoms with Crippen molar-refractivity contribution >= 4 is 28.3 Å². The van der Waals surface area contributed by atoms with E-state index in [-0.39, 0.29) is 17.6 Å². The quantitative estimate of drug-likeness (QED) is 0.311. The lowest BCUT2D eigenvalue weighted by Crippen LogP contribution is -2.48. The first-order valence-corrected chi connectivity index (χ1v) is 12.8. The number of aromatic hydroxyl groups is 1. The minimum absolute atomic E-state index is 0.113. The molecule has 1 heterocycles. The van der Waals surface area contributed by atoms with Crippen LogP contribution in [0.4, 0.5) is 5.69 Å². The zero-order chi connectivity index (χ0) is 26.4. The number of anilines is 1. The molecule has 0 saturated carbocycles. The Labute approximate surface area is 221 Å². The molecule has 1 saturated heterocycles. The summed E-state index contributed by atoms with van der Waals surface area (Å²) < 4.78 is 0. The number of benzene rings is 4. The molecule has 1 aliphatic carbocycles. The average Bonchev–Trinajstić information content (AvgIpc) is 3.17. The number of allylic oxidation sites excluding steroid dienone is 3. The highest BCUT2D eigenvalue weighted by molar-refractivity contribution is 6.13. The van der Waals surface area contributed by atoms with Gasteiger partial charge in [0.25, 0.3) is 11.8 Å². The number of carbonyl (C=O) groups excluding carboxylic acids is 2. The van der Waals surface area contributed by atoms with Crippen molar-refractivity contribution in [1.29, 1.82) is 0 Å². The molecular weight excluding hydrogens is 472 g/mol. The second-order valence-corrected chi connectivity index (χ2v) is 10.0. The molecule has 0 spiro atoms. The molecule has 6 rings (SSSR count). The Morgan fingerprint density at radius 1 is 0.947 bits per heavy atom. The molecule has 5 nitrogen and oxygen atoms in total. The van der Waals surface area contributed by atoms with Gasteiger partial charge >= 0.3 is 0 Å². The van der Waals surface area contributed by atoms with Crippen LogP contribution < -0.4 is 5.43 Å². The first-order chi connectivity index (χ1) is 18.5. The number of imide groups is 1. The van der Waals surface area contributed by atoms with Crippen molar-refractivity contribution in [3.63, 3.8) is 0 Å². The molecule has 1 aliphatic heterocycles. The molecule has 0 radical (unpaired) electrons. The van der Waals surface area contributed by atoms with Crippen LogP contribution >= 0.6 is 0 Å². The SMILES string of the molecule is C=CC1=CC[C@H]2C(=O)N(Nc3ccc(C)cc3)C(=O)[C@@]2(c2ccccc2)[C@H]1c1ccc2ccccc2c1O. The van der Waals surface area contributed by atoms with E-state index < -0.39 is 17.3 Å². The number of hydrogen-bond acceptors (Lipinski definition) is 4. The lowest BCUT2D eigenvalue weighted by molar-refractivity contribution is -0.138. The largest absolute Gasteiger partial charge is 0.507 e. The highest BCUT2D eigenvalue weighted by atomic mass is 16.3. The minimum Gasteiger partial charge on any atom is -0.507 e. The molecule has 3 atom stereocenters. The van der Waals surface area contributed by atoms with Gasteiger partial charge in [0.15, 0.2) is 0 Å². The van der Waals surface area contributed by atoms with Crippen molar-refractivity contribution in [1.82, 2.24) is 5.01 Å². The van der Waals surface area contributed by atoms with Crippen molar-refractivity contribution < 1.29 is 14.7 Å². The molecule has 4 aromatic carbocycles. The summed E-state index contributed by atoms with van der Waals surface area (Å²) in [6, 6.07) is 28.5. The Balaban J connectivity index is 1.59. The fraction of sp³-hybridized carbons (Fsp3) is 0.152. The maximum Gasteiger partial charge on any atom is 0.260 e.